The van der Waals surface area contributed by atoms with Crippen molar-refractivity contribution in [2.45, 2.75) is 62.5 Å². The monoisotopic (exact) mass is 524 g/mol. The number of carbonyl (C=O) groups is 1. The summed E-state index contributed by atoms with van der Waals surface area (Å²) < 4.78 is 2.01. The predicted molar refractivity (Wildman–Crippen MR) is 146 cm³/mol. The number of likely N-dealkylation sites (N-methyl/N-ethyl adjacent to an activating group) is 1. The summed E-state index contributed by atoms with van der Waals surface area (Å²) >= 11 is 7.94. The van der Waals surface area contributed by atoms with Gasteiger partial charge in [-0.1, -0.05) is 41.9 Å². The minimum Gasteiger partial charge on any atom is -0.390 e. The number of aryl methyl sites for hydroxylation is 1. The highest BCUT2D eigenvalue weighted by molar-refractivity contribution is 7.97. The van der Waals surface area contributed by atoms with Gasteiger partial charge < -0.3 is 20.1 Å². The van der Waals surface area contributed by atoms with Crippen LogP contribution in [0.4, 0.5) is 0 Å². The van der Waals surface area contributed by atoms with E-state index in [1.807, 2.05) is 29.6 Å². The number of nitrogens with zero attached hydrogens (tertiary/aromatic N) is 1. The van der Waals surface area contributed by atoms with Crippen LogP contribution in [-0.2, 0) is 24.1 Å². The van der Waals surface area contributed by atoms with Crippen LogP contribution in [-0.4, -0.2) is 52.4 Å². The van der Waals surface area contributed by atoms with Gasteiger partial charge in [-0.2, -0.15) is 0 Å². The van der Waals surface area contributed by atoms with Gasteiger partial charge in [0.15, 0.2) is 0 Å². The molecule has 0 aliphatic heterocycles. The molecule has 0 radical (unpaired) electrons. The second-order valence-corrected chi connectivity index (χ2v) is 11.2. The van der Waals surface area contributed by atoms with Crippen molar-refractivity contribution in [3.8, 4) is 0 Å². The fourth-order valence-corrected chi connectivity index (χ4v) is 5.71. The molecule has 5 nitrogen and oxygen atoms in total. The quantitative estimate of drug-likeness (QED) is 0.212. The molecule has 188 valence electrons. The summed E-state index contributed by atoms with van der Waals surface area (Å²) in [6.45, 7) is 5.54. The Labute approximate surface area is 216 Å². The highest BCUT2D eigenvalue weighted by Gasteiger charge is 2.28. The van der Waals surface area contributed by atoms with Crippen molar-refractivity contribution in [3.63, 3.8) is 0 Å². The van der Waals surface area contributed by atoms with Crippen molar-refractivity contribution in [3.05, 3.63) is 64.2 Å². The maximum absolute atomic E-state index is 10.6. The third-order valence-corrected chi connectivity index (χ3v) is 7.46. The van der Waals surface area contributed by atoms with Gasteiger partial charge in [0.1, 0.15) is 6.29 Å². The van der Waals surface area contributed by atoms with Crippen LogP contribution < -0.4 is 5.32 Å². The number of rotatable bonds is 12. The van der Waals surface area contributed by atoms with Crippen LogP contribution in [0, 0.1) is 5.92 Å². The molecule has 0 heterocycles. The molecule has 8 heteroatoms. The van der Waals surface area contributed by atoms with Crippen molar-refractivity contribution in [1.82, 2.24) is 9.62 Å². The zero-order valence-electron chi connectivity index (χ0n) is 20.3. The molecule has 2 aromatic rings. The second kappa shape index (κ2) is 14.5. The SMILES string of the molecule is CN(CC(O)CNC(C)(C)CC1Cc2ccccc2C1)Sc1ccc(CCC=O)cc1Cl.OP. The van der Waals surface area contributed by atoms with E-state index in [-0.39, 0.29) is 5.54 Å². The molecule has 0 fully saturated rings. The van der Waals surface area contributed by atoms with Crippen LogP contribution in [0.15, 0.2) is 47.4 Å². The molecule has 1 aliphatic carbocycles. The summed E-state index contributed by atoms with van der Waals surface area (Å²) in [4.78, 5) is 18.4. The van der Waals surface area contributed by atoms with E-state index in [1.54, 1.807) is 0 Å². The van der Waals surface area contributed by atoms with Gasteiger partial charge in [0, 0.05) is 29.9 Å². The Balaban J connectivity index is 0.00000199. The average molecular weight is 525 g/mol. The zero-order chi connectivity index (χ0) is 25.1. The second-order valence-electron chi connectivity index (χ2n) is 9.54. The maximum atomic E-state index is 10.6. The Bertz CT molecular complexity index is 890. The fourth-order valence-electron chi connectivity index (χ4n) is 4.55. The number of nitrogens with one attached hydrogen (secondary N) is 1. The number of hydrogen-bond acceptors (Lipinski definition) is 6. The van der Waals surface area contributed by atoms with Gasteiger partial charge in [0.05, 0.1) is 11.1 Å². The lowest BCUT2D eigenvalue weighted by molar-refractivity contribution is -0.107. The van der Waals surface area contributed by atoms with E-state index >= 15 is 0 Å². The Hall–Kier alpha value is -0.980. The first-order valence-corrected chi connectivity index (χ1v) is 13.3. The summed E-state index contributed by atoms with van der Waals surface area (Å²) in [5, 5.41) is 14.8. The van der Waals surface area contributed by atoms with E-state index in [0.717, 1.165) is 36.0 Å². The molecule has 3 N–H and O–H groups in total. The molecular formula is C26H38ClN2O3PS. The topological polar surface area (TPSA) is 72.8 Å². The molecule has 0 aromatic heterocycles. The van der Waals surface area contributed by atoms with Gasteiger partial charge in [-0.05, 0) is 103 Å². The van der Waals surface area contributed by atoms with Gasteiger partial charge in [-0.25, -0.2) is 4.31 Å². The van der Waals surface area contributed by atoms with Gasteiger partial charge in [0.25, 0.3) is 0 Å². The summed E-state index contributed by atoms with van der Waals surface area (Å²) in [5.41, 5.74) is 4.01. The Morgan fingerprint density at radius 1 is 1.24 bits per heavy atom. The number of carbonyl (C=O) groups excluding carboxylic acids is 1. The van der Waals surface area contributed by atoms with Crippen LogP contribution in [0.1, 0.15) is 43.4 Å². The summed E-state index contributed by atoms with van der Waals surface area (Å²) in [5.74, 6) is 0.655. The fraction of sp³-hybridized carbons (Fsp3) is 0.500. The molecule has 2 aromatic carbocycles. The molecule has 3 rings (SSSR count). The maximum Gasteiger partial charge on any atom is 0.120 e. The van der Waals surface area contributed by atoms with Crippen LogP contribution in [0.2, 0.25) is 5.02 Å². The van der Waals surface area contributed by atoms with Crippen LogP contribution in [0.25, 0.3) is 0 Å². The Morgan fingerprint density at radius 3 is 2.47 bits per heavy atom. The molecule has 0 saturated heterocycles. The lowest BCUT2D eigenvalue weighted by Crippen LogP contribution is -2.46. The zero-order valence-corrected chi connectivity index (χ0v) is 23.1. The van der Waals surface area contributed by atoms with Gasteiger partial charge in [-0.3, -0.25) is 0 Å². The van der Waals surface area contributed by atoms with Crippen LogP contribution in [0.5, 0.6) is 0 Å². The number of halogens is 1. The number of fused-ring (bicyclic) bond motifs is 1. The van der Waals surface area contributed by atoms with Gasteiger partial charge >= 0.3 is 0 Å². The first-order valence-electron chi connectivity index (χ1n) is 11.6. The predicted octanol–water partition coefficient (Wildman–Crippen LogP) is 4.71. The number of hydrogen-bond donors (Lipinski definition) is 3. The molecule has 34 heavy (non-hydrogen) atoms. The molecule has 0 spiro atoms. The molecular weight excluding hydrogens is 487 g/mol. The molecule has 0 saturated carbocycles. The lowest BCUT2D eigenvalue weighted by atomic mass is 9.88. The third-order valence-electron chi connectivity index (χ3n) is 6.02. The largest absolute Gasteiger partial charge is 0.390 e. The molecule has 2 unspecified atom stereocenters. The average Bonchev–Trinajstić information content (AvgIpc) is 3.21. The minimum absolute atomic E-state index is 0.0277. The van der Waals surface area contributed by atoms with Crippen LogP contribution >= 0.6 is 33.0 Å². The van der Waals surface area contributed by atoms with E-state index in [9.17, 15) is 9.90 Å². The molecule has 0 amide bonds. The van der Waals surface area contributed by atoms with E-state index in [2.05, 4.69) is 43.4 Å². The van der Waals surface area contributed by atoms with Gasteiger partial charge in [0.2, 0.25) is 0 Å². The normalized spacial score (nSPS) is 14.5. The highest BCUT2D eigenvalue weighted by Crippen LogP contribution is 2.32. The first-order chi connectivity index (χ1) is 16.3. The van der Waals surface area contributed by atoms with E-state index in [4.69, 9.17) is 16.5 Å². The van der Waals surface area contributed by atoms with Crippen molar-refractivity contribution < 1.29 is 14.8 Å². The molecule has 0 bridgehead atoms. The standard InChI is InChI=1S/C26H35ClN2O2S.H3OP/c1-26(2,16-20-13-21-8-4-5-9-22(21)14-20)28-17-23(31)18-29(3)32-25-11-10-19(7-6-12-30)15-24(25)27;1-2/h4-5,8-12,15,20,23,28,31H,6-7,13-14,16-18H2,1-3H3;1H,2H2. The van der Waals surface area contributed by atoms with E-state index in [0.29, 0.717) is 36.9 Å². The van der Waals surface area contributed by atoms with Crippen molar-refractivity contribution >= 4 is 39.3 Å². The van der Waals surface area contributed by atoms with Gasteiger partial charge in [-0.15, -0.1) is 0 Å². The van der Waals surface area contributed by atoms with Crippen molar-refractivity contribution in [2.75, 3.05) is 20.1 Å². The van der Waals surface area contributed by atoms with E-state index in [1.165, 1.54) is 32.5 Å². The smallest absolute Gasteiger partial charge is 0.120 e. The molecule has 1 aliphatic rings. The summed E-state index contributed by atoms with van der Waals surface area (Å²) in [7, 11) is 3.38. The number of aliphatic hydroxyl groups excluding tert-OH is 1. The summed E-state index contributed by atoms with van der Waals surface area (Å²) in [6.07, 6.45) is 5.05. The van der Waals surface area contributed by atoms with Crippen LogP contribution in [0.3, 0.4) is 0 Å². The van der Waals surface area contributed by atoms with Crippen molar-refractivity contribution in [2.24, 2.45) is 5.92 Å². The third kappa shape index (κ3) is 9.58. The summed E-state index contributed by atoms with van der Waals surface area (Å²) in [6, 6.07) is 14.7. The highest BCUT2D eigenvalue weighted by atomic mass is 35.5. The lowest BCUT2D eigenvalue weighted by Gasteiger charge is -2.31. The van der Waals surface area contributed by atoms with Crippen molar-refractivity contribution in [1.29, 1.82) is 0 Å². The van der Waals surface area contributed by atoms with E-state index < -0.39 is 6.10 Å². The Morgan fingerprint density at radius 2 is 1.88 bits per heavy atom. The number of benzene rings is 2. The number of aliphatic hydroxyl groups is 1. The number of aldehydes is 1. The number of β-amino-alcohol motifs (C(OH)–C–C–N with tert-alkyl or cyclic N) is 1. The molecule has 2 atom stereocenters. The minimum atomic E-state index is -0.474. The Kier molecular flexibility index (Phi) is 12.5. The first kappa shape index (κ1) is 29.3.